The molecule has 1 heterocycles. The summed E-state index contributed by atoms with van der Waals surface area (Å²) in [6, 6.07) is 7.76. The summed E-state index contributed by atoms with van der Waals surface area (Å²) in [6.45, 7) is 1.72. The van der Waals surface area contributed by atoms with Gasteiger partial charge >= 0.3 is 5.97 Å². The van der Waals surface area contributed by atoms with Crippen LogP contribution in [0, 0.1) is 5.92 Å². The molecule has 0 aliphatic carbocycles. The Morgan fingerprint density at radius 1 is 1.50 bits per heavy atom. The van der Waals surface area contributed by atoms with Crippen molar-refractivity contribution in [3.05, 3.63) is 34.2 Å². The molecule has 0 aliphatic rings. The Bertz CT molecular complexity index is 533. The van der Waals surface area contributed by atoms with Gasteiger partial charge in [-0.05, 0) is 30.0 Å². The number of benzene rings is 1. The van der Waals surface area contributed by atoms with Gasteiger partial charge < -0.3 is 5.11 Å². The number of halogens is 1. The van der Waals surface area contributed by atoms with Crippen molar-refractivity contribution in [1.29, 1.82) is 0 Å². The lowest BCUT2D eigenvalue weighted by Crippen LogP contribution is -2.11. The van der Waals surface area contributed by atoms with E-state index in [4.69, 9.17) is 16.7 Å². The first-order valence-electron chi connectivity index (χ1n) is 4.97. The standard InChI is InChI=1S/C12H11ClO2S/c1-7(12(14)15)4-10-5-8-2-3-9(13)6-11(8)16-10/h2-3,5-7H,4H2,1H3,(H,14,15). The summed E-state index contributed by atoms with van der Waals surface area (Å²) < 4.78 is 1.11. The Kier molecular flexibility index (Phi) is 3.17. The van der Waals surface area contributed by atoms with E-state index >= 15 is 0 Å². The third-order valence-electron chi connectivity index (χ3n) is 2.46. The number of carboxylic acid groups (broad SMARTS) is 1. The van der Waals surface area contributed by atoms with E-state index in [1.165, 1.54) is 0 Å². The number of aliphatic carboxylic acids is 1. The smallest absolute Gasteiger partial charge is 0.306 e. The van der Waals surface area contributed by atoms with Crippen molar-refractivity contribution in [3.63, 3.8) is 0 Å². The maximum absolute atomic E-state index is 10.8. The van der Waals surface area contributed by atoms with Crippen LogP contribution in [0.1, 0.15) is 11.8 Å². The lowest BCUT2D eigenvalue weighted by molar-refractivity contribution is -0.141. The van der Waals surface area contributed by atoms with Crippen LogP contribution < -0.4 is 0 Å². The quantitative estimate of drug-likeness (QED) is 0.904. The highest BCUT2D eigenvalue weighted by Gasteiger charge is 2.13. The van der Waals surface area contributed by atoms with Gasteiger partial charge in [0.15, 0.2) is 0 Å². The minimum atomic E-state index is -0.754. The van der Waals surface area contributed by atoms with Crippen LogP contribution in [-0.4, -0.2) is 11.1 Å². The Morgan fingerprint density at radius 2 is 2.25 bits per heavy atom. The van der Waals surface area contributed by atoms with Crippen molar-refractivity contribution >= 4 is 39.0 Å². The molecule has 0 saturated carbocycles. The Hall–Kier alpha value is -1.06. The summed E-state index contributed by atoms with van der Waals surface area (Å²) in [5, 5.41) is 10.7. The van der Waals surface area contributed by atoms with E-state index < -0.39 is 5.97 Å². The van der Waals surface area contributed by atoms with Gasteiger partial charge in [0.05, 0.1) is 5.92 Å². The molecule has 84 valence electrons. The summed E-state index contributed by atoms with van der Waals surface area (Å²) in [7, 11) is 0. The maximum Gasteiger partial charge on any atom is 0.306 e. The average molecular weight is 255 g/mol. The molecule has 0 bridgehead atoms. The highest BCUT2D eigenvalue weighted by Crippen LogP contribution is 2.29. The van der Waals surface area contributed by atoms with Crippen molar-refractivity contribution in [2.45, 2.75) is 13.3 Å². The van der Waals surface area contributed by atoms with Crippen LogP contribution in [0.5, 0.6) is 0 Å². The van der Waals surface area contributed by atoms with Crippen molar-refractivity contribution < 1.29 is 9.90 Å². The van der Waals surface area contributed by atoms with Crippen LogP contribution in [0.3, 0.4) is 0 Å². The number of carbonyl (C=O) groups is 1. The van der Waals surface area contributed by atoms with E-state index in [2.05, 4.69) is 0 Å². The number of hydrogen-bond acceptors (Lipinski definition) is 2. The van der Waals surface area contributed by atoms with Crippen LogP contribution in [-0.2, 0) is 11.2 Å². The van der Waals surface area contributed by atoms with Crippen molar-refractivity contribution in [2.75, 3.05) is 0 Å². The van der Waals surface area contributed by atoms with Gasteiger partial charge in [0.2, 0.25) is 0 Å². The summed E-state index contributed by atoms with van der Waals surface area (Å²) in [5.74, 6) is -1.10. The van der Waals surface area contributed by atoms with Gasteiger partial charge in [-0.3, -0.25) is 4.79 Å². The molecule has 2 aromatic rings. The first-order chi connectivity index (χ1) is 7.56. The van der Waals surface area contributed by atoms with Crippen LogP contribution in [0.2, 0.25) is 5.02 Å². The zero-order chi connectivity index (χ0) is 11.7. The first-order valence-corrected chi connectivity index (χ1v) is 6.16. The molecule has 1 aromatic carbocycles. The van der Waals surface area contributed by atoms with E-state index in [1.807, 2.05) is 24.3 Å². The number of rotatable bonds is 3. The fourth-order valence-electron chi connectivity index (χ4n) is 1.55. The number of hydrogen-bond donors (Lipinski definition) is 1. The monoisotopic (exact) mass is 254 g/mol. The highest BCUT2D eigenvalue weighted by molar-refractivity contribution is 7.19. The fraction of sp³-hybridized carbons (Fsp3) is 0.250. The number of thiophene rings is 1. The van der Waals surface area contributed by atoms with E-state index in [0.717, 1.165) is 15.0 Å². The molecule has 0 spiro atoms. The Morgan fingerprint density at radius 3 is 2.94 bits per heavy atom. The Balaban J connectivity index is 2.29. The lowest BCUT2D eigenvalue weighted by atomic mass is 10.1. The highest BCUT2D eigenvalue weighted by atomic mass is 35.5. The normalized spacial score (nSPS) is 12.9. The molecular weight excluding hydrogens is 244 g/mol. The molecule has 0 amide bonds. The van der Waals surface area contributed by atoms with Crippen molar-refractivity contribution in [3.8, 4) is 0 Å². The largest absolute Gasteiger partial charge is 0.481 e. The summed E-state index contributed by atoms with van der Waals surface area (Å²) in [6.07, 6.45) is 0.576. The topological polar surface area (TPSA) is 37.3 Å². The van der Waals surface area contributed by atoms with Gasteiger partial charge in [-0.2, -0.15) is 0 Å². The van der Waals surface area contributed by atoms with Crippen molar-refractivity contribution in [1.82, 2.24) is 0 Å². The third-order valence-corrected chi connectivity index (χ3v) is 3.82. The molecule has 0 radical (unpaired) electrons. The second-order valence-electron chi connectivity index (χ2n) is 3.84. The van der Waals surface area contributed by atoms with E-state index in [1.54, 1.807) is 18.3 Å². The molecule has 0 saturated heterocycles. The molecule has 0 aliphatic heterocycles. The van der Waals surface area contributed by atoms with Gasteiger partial charge in [-0.1, -0.05) is 24.6 Å². The third kappa shape index (κ3) is 2.36. The zero-order valence-electron chi connectivity index (χ0n) is 8.74. The van der Waals surface area contributed by atoms with Gasteiger partial charge in [-0.25, -0.2) is 0 Å². The molecule has 2 rings (SSSR count). The zero-order valence-corrected chi connectivity index (χ0v) is 10.3. The van der Waals surface area contributed by atoms with Crippen molar-refractivity contribution in [2.24, 2.45) is 5.92 Å². The molecular formula is C12H11ClO2S. The van der Waals surface area contributed by atoms with Gasteiger partial charge in [-0.15, -0.1) is 11.3 Å². The van der Waals surface area contributed by atoms with Crippen LogP contribution in [0.25, 0.3) is 10.1 Å². The molecule has 1 atom stereocenters. The predicted molar refractivity (Wildman–Crippen MR) is 67.3 cm³/mol. The molecule has 1 N–H and O–H groups in total. The fourth-order valence-corrected chi connectivity index (χ4v) is 3.02. The number of fused-ring (bicyclic) bond motifs is 1. The predicted octanol–water partition coefficient (Wildman–Crippen LogP) is 3.82. The summed E-state index contributed by atoms with van der Waals surface area (Å²) in [5.41, 5.74) is 0. The second kappa shape index (κ2) is 4.44. The lowest BCUT2D eigenvalue weighted by Gasteiger charge is -2.01. The van der Waals surface area contributed by atoms with E-state index in [-0.39, 0.29) is 5.92 Å². The van der Waals surface area contributed by atoms with E-state index in [9.17, 15) is 4.79 Å². The Labute approximate surface area is 102 Å². The minimum Gasteiger partial charge on any atom is -0.481 e. The first kappa shape index (κ1) is 11.4. The minimum absolute atomic E-state index is 0.344. The second-order valence-corrected chi connectivity index (χ2v) is 5.44. The molecule has 16 heavy (non-hydrogen) atoms. The van der Waals surface area contributed by atoms with E-state index in [0.29, 0.717) is 11.4 Å². The van der Waals surface area contributed by atoms with Gasteiger partial charge in [0.25, 0.3) is 0 Å². The molecule has 0 fully saturated rings. The van der Waals surface area contributed by atoms with Crippen LogP contribution in [0.4, 0.5) is 0 Å². The average Bonchev–Trinajstić information content (AvgIpc) is 2.58. The molecule has 1 aromatic heterocycles. The number of carboxylic acids is 1. The SMILES string of the molecule is CC(Cc1cc2ccc(Cl)cc2s1)C(=O)O. The molecule has 2 nitrogen and oxygen atoms in total. The molecule has 4 heteroatoms. The van der Waals surface area contributed by atoms with Crippen LogP contribution in [0.15, 0.2) is 24.3 Å². The molecule has 1 unspecified atom stereocenters. The van der Waals surface area contributed by atoms with Gasteiger partial charge in [0, 0.05) is 14.6 Å². The van der Waals surface area contributed by atoms with Gasteiger partial charge in [0.1, 0.15) is 0 Å². The summed E-state index contributed by atoms with van der Waals surface area (Å²) >= 11 is 7.51. The summed E-state index contributed by atoms with van der Waals surface area (Å²) in [4.78, 5) is 11.8. The maximum atomic E-state index is 10.8. The van der Waals surface area contributed by atoms with Crippen LogP contribution >= 0.6 is 22.9 Å².